The summed E-state index contributed by atoms with van der Waals surface area (Å²) in [5.41, 5.74) is 8.85. The molecule has 0 saturated heterocycles. The number of carbonyl (C=O) groups excluding carboxylic acids is 1. The molecule has 4 aromatic rings. The highest BCUT2D eigenvalue weighted by molar-refractivity contribution is 5.94. The van der Waals surface area contributed by atoms with E-state index in [0.717, 1.165) is 40.5 Å². The number of hydrogen-bond acceptors (Lipinski definition) is 5. The van der Waals surface area contributed by atoms with Crippen molar-refractivity contribution >= 4 is 28.6 Å². The molecule has 2 aromatic carbocycles. The molecular weight excluding hydrogens is 426 g/mol. The summed E-state index contributed by atoms with van der Waals surface area (Å²) in [4.78, 5) is 18.8. The number of ether oxygens (including phenoxy) is 1. The maximum Gasteiger partial charge on any atom is 0.253 e. The number of rotatable bonds is 7. The smallest absolute Gasteiger partial charge is 0.253 e. The van der Waals surface area contributed by atoms with E-state index in [-0.39, 0.29) is 5.91 Å². The Labute approximate surface area is 198 Å². The SMILES string of the molecule is C=C1NCc2cc(-c3ccc(Nc4ccc(C(=O)N(C)CCOC)cc4)c4nccn34)ccc21. The number of nitrogens with zero attached hydrogens (tertiary/aromatic N) is 3. The number of anilines is 2. The second kappa shape index (κ2) is 9.03. The topological polar surface area (TPSA) is 70.9 Å². The standard InChI is InChI=1S/C27H27N5O2/c1-18-23-9-6-20(16-21(23)17-29-18)25-11-10-24(26-28-12-13-32(25)26)30-22-7-4-19(5-8-22)27(33)31(2)14-15-34-3/h4-13,16,29-30H,1,14-15,17H2,2-3H3. The van der Waals surface area contributed by atoms with Crippen LogP contribution in [-0.4, -0.2) is 47.5 Å². The van der Waals surface area contributed by atoms with Crippen LogP contribution in [0.2, 0.25) is 0 Å². The van der Waals surface area contributed by atoms with Crippen molar-refractivity contribution in [2.24, 2.45) is 0 Å². The summed E-state index contributed by atoms with van der Waals surface area (Å²) in [5, 5.41) is 6.74. The van der Waals surface area contributed by atoms with E-state index >= 15 is 0 Å². The first kappa shape index (κ1) is 21.7. The number of likely N-dealkylation sites (N-methyl/N-ethyl adjacent to an activating group) is 1. The van der Waals surface area contributed by atoms with Crippen LogP contribution in [0, 0.1) is 0 Å². The normalized spacial score (nSPS) is 12.5. The number of imidazole rings is 1. The molecule has 0 unspecified atom stereocenters. The van der Waals surface area contributed by atoms with Gasteiger partial charge in [-0.3, -0.25) is 9.20 Å². The summed E-state index contributed by atoms with van der Waals surface area (Å²) < 4.78 is 7.14. The molecule has 7 heteroatoms. The van der Waals surface area contributed by atoms with Crippen molar-refractivity contribution in [1.82, 2.24) is 19.6 Å². The average Bonchev–Trinajstić information content (AvgIpc) is 3.50. The van der Waals surface area contributed by atoms with Gasteiger partial charge in [0, 0.05) is 62.2 Å². The van der Waals surface area contributed by atoms with E-state index in [2.05, 4.69) is 50.9 Å². The van der Waals surface area contributed by atoms with Gasteiger partial charge in [-0.15, -0.1) is 0 Å². The molecule has 0 aliphatic carbocycles. The minimum absolute atomic E-state index is 0.0308. The third-order valence-electron chi connectivity index (χ3n) is 6.16. The predicted octanol–water partition coefficient (Wildman–Crippen LogP) is 4.54. The molecule has 172 valence electrons. The average molecular weight is 454 g/mol. The summed E-state index contributed by atoms with van der Waals surface area (Å²) in [5.74, 6) is -0.0308. The monoisotopic (exact) mass is 453 g/mol. The van der Waals surface area contributed by atoms with E-state index in [1.807, 2.05) is 36.5 Å². The molecular formula is C27H27N5O2. The molecule has 3 heterocycles. The number of fused-ring (bicyclic) bond motifs is 2. The second-order valence-corrected chi connectivity index (χ2v) is 8.38. The molecule has 34 heavy (non-hydrogen) atoms. The van der Waals surface area contributed by atoms with Gasteiger partial charge in [0.2, 0.25) is 0 Å². The molecule has 0 atom stereocenters. The zero-order valence-corrected chi connectivity index (χ0v) is 19.3. The molecule has 5 rings (SSSR count). The highest BCUT2D eigenvalue weighted by Gasteiger charge is 2.16. The van der Waals surface area contributed by atoms with Crippen molar-refractivity contribution < 1.29 is 9.53 Å². The minimum Gasteiger partial charge on any atom is -0.383 e. The quantitative estimate of drug-likeness (QED) is 0.430. The fourth-order valence-electron chi connectivity index (χ4n) is 4.24. The van der Waals surface area contributed by atoms with Crippen LogP contribution in [0.5, 0.6) is 0 Å². The molecule has 1 amide bonds. The van der Waals surface area contributed by atoms with Crippen molar-refractivity contribution in [1.29, 1.82) is 0 Å². The van der Waals surface area contributed by atoms with Crippen LogP contribution >= 0.6 is 0 Å². The molecule has 1 aliphatic rings. The Kier molecular flexibility index (Phi) is 5.77. The number of hydrogen-bond donors (Lipinski definition) is 2. The van der Waals surface area contributed by atoms with E-state index < -0.39 is 0 Å². The Hall–Kier alpha value is -4.10. The molecule has 0 fully saturated rings. The Morgan fingerprint density at radius 2 is 2.03 bits per heavy atom. The zero-order valence-electron chi connectivity index (χ0n) is 19.3. The largest absolute Gasteiger partial charge is 0.383 e. The van der Waals surface area contributed by atoms with Gasteiger partial charge in [-0.1, -0.05) is 18.7 Å². The van der Waals surface area contributed by atoms with Crippen LogP contribution in [0.15, 0.2) is 73.6 Å². The van der Waals surface area contributed by atoms with Crippen LogP contribution in [0.1, 0.15) is 21.5 Å². The maximum absolute atomic E-state index is 12.5. The first-order chi connectivity index (χ1) is 16.5. The molecule has 2 aromatic heterocycles. The van der Waals surface area contributed by atoms with E-state index in [4.69, 9.17) is 4.74 Å². The van der Waals surface area contributed by atoms with E-state index in [9.17, 15) is 4.79 Å². The molecule has 0 radical (unpaired) electrons. The van der Waals surface area contributed by atoms with E-state index in [0.29, 0.717) is 18.7 Å². The van der Waals surface area contributed by atoms with Gasteiger partial charge in [0.1, 0.15) is 0 Å². The Morgan fingerprint density at radius 3 is 2.82 bits per heavy atom. The van der Waals surface area contributed by atoms with Crippen molar-refractivity contribution in [3.05, 3.63) is 90.3 Å². The Morgan fingerprint density at radius 1 is 1.21 bits per heavy atom. The summed E-state index contributed by atoms with van der Waals surface area (Å²) >= 11 is 0. The van der Waals surface area contributed by atoms with Gasteiger partial charge in [0.05, 0.1) is 18.0 Å². The lowest BCUT2D eigenvalue weighted by Gasteiger charge is -2.17. The Bertz CT molecular complexity index is 1370. The van der Waals surface area contributed by atoms with Crippen molar-refractivity contribution in [3.8, 4) is 11.3 Å². The predicted molar refractivity (Wildman–Crippen MR) is 135 cm³/mol. The van der Waals surface area contributed by atoms with Gasteiger partial charge in [0.25, 0.3) is 5.91 Å². The van der Waals surface area contributed by atoms with Crippen LogP contribution in [0.4, 0.5) is 11.4 Å². The summed E-state index contributed by atoms with van der Waals surface area (Å²) in [6.45, 7) is 5.93. The third kappa shape index (κ3) is 4.02. The summed E-state index contributed by atoms with van der Waals surface area (Å²) in [6, 6.07) is 18.1. The molecule has 0 saturated carbocycles. The fraction of sp³-hybridized carbons (Fsp3) is 0.185. The van der Waals surface area contributed by atoms with Gasteiger partial charge in [-0.25, -0.2) is 4.98 Å². The molecule has 2 N–H and O–H groups in total. The van der Waals surface area contributed by atoms with Crippen molar-refractivity contribution in [2.45, 2.75) is 6.54 Å². The lowest BCUT2D eigenvalue weighted by Crippen LogP contribution is -2.29. The van der Waals surface area contributed by atoms with Gasteiger partial charge in [0.15, 0.2) is 5.65 Å². The highest BCUT2D eigenvalue weighted by Crippen LogP contribution is 2.31. The summed E-state index contributed by atoms with van der Waals surface area (Å²) in [6.07, 6.45) is 3.77. The van der Waals surface area contributed by atoms with Crippen LogP contribution in [-0.2, 0) is 11.3 Å². The van der Waals surface area contributed by atoms with Crippen molar-refractivity contribution in [3.63, 3.8) is 0 Å². The zero-order chi connectivity index (χ0) is 23.7. The van der Waals surface area contributed by atoms with Gasteiger partial charge in [-0.05, 0) is 53.6 Å². The van der Waals surface area contributed by atoms with E-state index in [1.54, 1.807) is 25.3 Å². The molecule has 7 nitrogen and oxygen atoms in total. The fourth-order valence-corrected chi connectivity index (χ4v) is 4.24. The van der Waals surface area contributed by atoms with Gasteiger partial charge >= 0.3 is 0 Å². The number of methoxy groups -OCH3 is 1. The first-order valence-corrected chi connectivity index (χ1v) is 11.2. The highest BCUT2D eigenvalue weighted by atomic mass is 16.5. The van der Waals surface area contributed by atoms with Gasteiger partial charge in [-0.2, -0.15) is 0 Å². The minimum atomic E-state index is -0.0308. The van der Waals surface area contributed by atoms with Crippen LogP contribution in [0.25, 0.3) is 22.6 Å². The number of nitrogens with one attached hydrogen (secondary N) is 2. The van der Waals surface area contributed by atoms with Crippen LogP contribution < -0.4 is 10.6 Å². The molecule has 0 bridgehead atoms. The summed E-state index contributed by atoms with van der Waals surface area (Å²) in [7, 11) is 3.40. The number of aromatic nitrogens is 2. The number of benzene rings is 2. The molecule has 0 spiro atoms. The Balaban J connectivity index is 1.38. The molecule has 1 aliphatic heterocycles. The maximum atomic E-state index is 12.5. The lowest BCUT2D eigenvalue weighted by atomic mass is 10.0. The van der Waals surface area contributed by atoms with E-state index in [1.165, 1.54) is 11.1 Å². The number of amides is 1. The second-order valence-electron chi connectivity index (χ2n) is 8.38. The third-order valence-corrected chi connectivity index (χ3v) is 6.16. The number of pyridine rings is 1. The van der Waals surface area contributed by atoms with Gasteiger partial charge < -0.3 is 20.3 Å². The van der Waals surface area contributed by atoms with Crippen LogP contribution in [0.3, 0.4) is 0 Å². The first-order valence-electron chi connectivity index (χ1n) is 11.2. The lowest BCUT2D eigenvalue weighted by molar-refractivity contribution is 0.0744. The van der Waals surface area contributed by atoms with Crippen molar-refractivity contribution in [2.75, 3.05) is 32.6 Å². The number of carbonyl (C=O) groups is 1.